The quantitative estimate of drug-likeness (QED) is 0.556. The van der Waals surface area contributed by atoms with Crippen LogP contribution in [0.2, 0.25) is 0 Å². The Labute approximate surface area is 151 Å². The summed E-state index contributed by atoms with van der Waals surface area (Å²) >= 11 is 1.27. The van der Waals surface area contributed by atoms with Crippen LogP contribution in [0.3, 0.4) is 0 Å². The molecule has 0 radical (unpaired) electrons. The second-order valence-corrected chi connectivity index (χ2v) is 6.63. The monoisotopic (exact) mass is 359 g/mol. The average Bonchev–Trinajstić information content (AvgIpc) is 2.56. The van der Waals surface area contributed by atoms with Crippen molar-refractivity contribution in [2.75, 3.05) is 5.75 Å². The van der Waals surface area contributed by atoms with Crippen LogP contribution in [0.1, 0.15) is 35.8 Å². The molecule has 6 nitrogen and oxygen atoms in total. The van der Waals surface area contributed by atoms with Crippen LogP contribution in [0.5, 0.6) is 0 Å². The second-order valence-electron chi connectivity index (χ2n) is 5.69. The lowest BCUT2D eigenvalue weighted by molar-refractivity contribution is -0.137. The van der Waals surface area contributed by atoms with Gasteiger partial charge in [-0.15, -0.1) is 0 Å². The SMILES string of the molecule is Cc1cc(C)nc(SCC(=O)NC(CCC(=O)O)c2ccccc2)n1. The van der Waals surface area contributed by atoms with E-state index in [1.165, 1.54) is 11.8 Å². The van der Waals surface area contributed by atoms with Gasteiger partial charge in [0.05, 0.1) is 11.8 Å². The van der Waals surface area contributed by atoms with Crippen LogP contribution in [0.15, 0.2) is 41.6 Å². The molecule has 25 heavy (non-hydrogen) atoms. The predicted molar refractivity (Wildman–Crippen MR) is 96.4 cm³/mol. The van der Waals surface area contributed by atoms with Crippen molar-refractivity contribution in [3.05, 3.63) is 53.3 Å². The predicted octanol–water partition coefficient (Wildman–Crippen LogP) is 2.91. The van der Waals surface area contributed by atoms with E-state index in [1.54, 1.807) is 0 Å². The third-order valence-corrected chi connectivity index (χ3v) is 4.33. The highest BCUT2D eigenvalue weighted by atomic mass is 32.2. The van der Waals surface area contributed by atoms with Gasteiger partial charge in [0.1, 0.15) is 0 Å². The summed E-state index contributed by atoms with van der Waals surface area (Å²) in [6, 6.07) is 10.9. The van der Waals surface area contributed by atoms with Gasteiger partial charge in [0.25, 0.3) is 0 Å². The van der Waals surface area contributed by atoms with Crippen LogP contribution in [0, 0.1) is 13.8 Å². The standard InChI is InChI=1S/C18H21N3O3S/c1-12-10-13(2)20-18(19-12)25-11-16(22)21-15(8-9-17(23)24)14-6-4-3-5-7-14/h3-7,10,15H,8-9,11H2,1-2H3,(H,21,22)(H,23,24). The van der Waals surface area contributed by atoms with Crippen molar-refractivity contribution in [3.63, 3.8) is 0 Å². The number of benzene rings is 1. The molecule has 1 aromatic heterocycles. The molecule has 2 aromatic rings. The number of rotatable bonds is 8. The first kappa shape index (κ1) is 18.9. The number of nitrogens with one attached hydrogen (secondary N) is 1. The molecular weight excluding hydrogens is 338 g/mol. The first-order valence-electron chi connectivity index (χ1n) is 7.95. The summed E-state index contributed by atoms with van der Waals surface area (Å²) in [6.07, 6.45) is 0.336. The number of thioether (sulfide) groups is 1. The molecule has 2 rings (SSSR count). The van der Waals surface area contributed by atoms with Crippen molar-refractivity contribution in [1.82, 2.24) is 15.3 Å². The van der Waals surface area contributed by atoms with E-state index < -0.39 is 5.97 Å². The molecule has 132 valence electrons. The van der Waals surface area contributed by atoms with Gasteiger partial charge in [-0.1, -0.05) is 42.1 Å². The molecule has 1 amide bonds. The number of carboxylic acid groups (broad SMARTS) is 1. The zero-order valence-corrected chi connectivity index (χ0v) is 15.0. The smallest absolute Gasteiger partial charge is 0.303 e. The van der Waals surface area contributed by atoms with Crippen LogP contribution in [-0.4, -0.2) is 32.7 Å². The number of aromatic nitrogens is 2. The molecule has 0 fully saturated rings. The number of nitrogens with zero attached hydrogens (tertiary/aromatic N) is 2. The highest BCUT2D eigenvalue weighted by Gasteiger charge is 2.16. The number of aliphatic carboxylic acids is 1. The summed E-state index contributed by atoms with van der Waals surface area (Å²) in [6.45, 7) is 3.77. The summed E-state index contributed by atoms with van der Waals surface area (Å²) in [5.41, 5.74) is 2.61. The first-order chi connectivity index (χ1) is 11.9. The number of aryl methyl sites for hydroxylation is 2. The molecular formula is C18H21N3O3S. The maximum Gasteiger partial charge on any atom is 0.303 e. The molecule has 0 saturated heterocycles. The molecule has 1 atom stereocenters. The van der Waals surface area contributed by atoms with Crippen molar-refractivity contribution < 1.29 is 14.7 Å². The summed E-state index contributed by atoms with van der Waals surface area (Å²) in [5, 5.41) is 12.4. The van der Waals surface area contributed by atoms with Crippen molar-refractivity contribution in [2.45, 2.75) is 37.9 Å². The number of carboxylic acids is 1. The van der Waals surface area contributed by atoms with E-state index >= 15 is 0 Å². The zero-order chi connectivity index (χ0) is 18.2. The molecule has 0 bridgehead atoms. The molecule has 1 heterocycles. The van der Waals surface area contributed by atoms with Crippen LogP contribution < -0.4 is 5.32 Å². The van der Waals surface area contributed by atoms with Crippen LogP contribution in [-0.2, 0) is 9.59 Å². The zero-order valence-electron chi connectivity index (χ0n) is 14.2. The Hall–Kier alpha value is -2.41. The molecule has 0 aliphatic carbocycles. The highest BCUT2D eigenvalue weighted by Crippen LogP contribution is 2.19. The van der Waals surface area contributed by atoms with Gasteiger partial charge >= 0.3 is 5.97 Å². The van der Waals surface area contributed by atoms with Gasteiger partial charge in [-0.05, 0) is 31.9 Å². The van der Waals surface area contributed by atoms with Gasteiger partial charge < -0.3 is 10.4 Å². The molecule has 7 heteroatoms. The topological polar surface area (TPSA) is 92.2 Å². The molecule has 1 aromatic carbocycles. The van der Waals surface area contributed by atoms with Gasteiger partial charge in [0, 0.05) is 17.8 Å². The maximum absolute atomic E-state index is 12.3. The van der Waals surface area contributed by atoms with Gasteiger partial charge in [-0.25, -0.2) is 9.97 Å². The minimum Gasteiger partial charge on any atom is -0.481 e. The second kappa shape index (κ2) is 9.17. The van der Waals surface area contributed by atoms with E-state index in [2.05, 4.69) is 15.3 Å². The number of carbonyl (C=O) groups excluding carboxylic acids is 1. The summed E-state index contributed by atoms with van der Waals surface area (Å²) in [7, 11) is 0. The fourth-order valence-corrected chi connectivity index (χ4v) is 3.16. The number of amides is 1. The Morgan fingerprint density at radius 1 is 1.16 bits per heavy atom. The average molecular weight is 359 g/mol. The van der Waals surface area contributed by atoms with Gasteiger partial charge in [0.2, 0.25) is 5.91 Å². The number of hydrogen-bond acceptors (Lipinski definition) is 5. The fourth-order valence-electron chi connectivity index (χ4n) is 2.40. The van der Waals surface area contributed by atoms with E-state index in [9.17, 15) is 9.59 Å². The maximum atomic E-state index is 12.3. The van der Waals surface area contributed by atoms with Gasteiger partial charge in [-0.3, -0.25) is 9.59 Å². The Morgan fingerprint density at radius 3 is 2.40 bits per heavy atom. The first-order valence-corrected chi connectivity index (χ1v) is 8.94. The van der Waals surface area contributed by atoms with E-state index in [0.29, 0.717) is 11.6 Å². The third-order valence-electron chi connectivity index (χ3n) is 3.48. The lowest BCUT2D eigenvalue weighted by Gasteiger charge is -2.18. The third kappa shape index (κ3) is 6.54. The summed E-state index contributed by atoms with van der Waals surface area (Å²) in [5.74, 6) is -0.876. The largest absolute Gasteiger partial charge is 0.481 e. The number of hydrogen-bond donors (Lipinski definition) is 2. The van der Waals surface area contributed by atoms with Crippen molar-refractivity contribution in [2.24, 2.45) is 0 Å². The summed E-state index contributed by atoms with van der Waals surface area (Å²) in [4.78, 5) is 31.7. The van der Waals surface area contributed by atoms with Crippen LogP contribution >= 0.6 is 11.8 Å². The minimum absolute atomic E-state index is 0.00678. The number of carbonyl (C=O) groups is 2. The van der Waals surface area contributed by atoms with Crippen LogP contribution in [0.4, 0.5) is 0 Å². The normalized spacial score (nSPS) is 11.8. The Bertz CT molecular complexity index is 717. The lowest BCUT2D eigenvalue weighted by atomic mass is 10.0. The molecule has 2 N–H and O–H groups in total. The van der Waals surface area contributed by atoms with Crippen LogP contribution in [0.25, 0.3) is 0 Å². The molecule has 0 aliphatic heterocycles. The Morgan fingerprint density at radius 2 is 1.80 bits per heavy atom. The molecule has 0 aliphatic rings. The van der Waals surface area contributed by atoms with E-state index in [-0.39, 0.29) is 24.1 Å². The fraction of sp³-hybridized carbons (Fsp3) is 0.333. The molecule has 1 unspecified atom stereocenters. The van der Waals surface area contributed by atoms with E-state index in [0.717, 1.165) is 17.0 Å². The molecule has 0 saturated carbocycles. The Kier molecular flexibility index (Phi) is 6.94. The van der Waals surface area contributed by atoms with Crippen molar-refractivity contribution in [1.29, 1.82) is 0 Å². The summed E-state index contributed by atoms with van der Waals surface area (Å²) < 4.78 is 0. The van der Waals surface area contributed by atoms with E-state index in [4.69, 9.17) is 5.11 Å². The highest BCUT2D eigenvalue weighted by molar-refractivity contribution is 7.99. The van der Waals surface area contributed by atoms with Crippen molar-refractivity contribution in [3.8, 4) is 0 Å². The van der Waals surface area contributed by atoms with Gasteiger partial charge in [-0.2, -0.15) is 0 Å². The lowest BCUT2D eigenvalue weighted by Crippen LogP contribution is -2.30. The molecule has 0 spiro atoms. The van der Waals surface area contributed by atoms with E-state index in [1.807, 2.05) is 50.2 Å². The minimum atomic E-state index is -0.881. The Balaban J connectivity index is 1.97. The van der Waals surface area contributed by atoms with Crippen molar-refractivity contribution >= 4 is 23.6 Å². The van der Waals surface area contributed by atoms with Gasteiger partial charge in [0.15, 0.2) is 5.16 Å².